The first kappa shape index (κ1) is 16.2. The smallest absolute Gasteiger partial charge is 0.131 e. The second-order valence-corrected chi connectivity index (χ2v) is 4.82. The SMILES string of the molecule is Nc1ccc(Oc2cccc(Oc3ccc(N)cc3)c2)cc1.O. The molecule has 0 spiro atoms. The minimum absolute atomic E-state index is 0. The highest BCUT2D eigenvalue weighted by atomic mass is 16.5. The summed E-state index contributed by atoms with van der Waals surface area (Å²) >= 11 is 0. The fraction of sp³-hybridized carbons (Fsp3) is 0. The molecule has 0 unspecified atom stereocenters. The van der Waals surface area contributed by atoms with Crippen molar-refractivity contribution in [3.63, 3.8) is 0 Å². The molecule has 118 valence electrons. The van der Waals surface area contributed by atoms with E-state index in [9.17, 15) is 0 Å². The molecule has 0 saturated heterocycles. The molecule has 0 heterocycles. The van der Waals surface area contributed by atoms with Gasteiger partial charge in [-0.25, -0.2) is 0 Å². The van der Waals surface area contributed by atoms with Crippen molar-refractivity contribution in [3.05, 3.63) is 72.8 Å². The van der Waals surface area contributed by atoms with E-state index in [-0.39, 0.29) is 5.48 Å². The first-order chi connectivity index (χ1) is 10.7. The molecular formula is C18H18N2O3. The van der Waals surface area contributed by atoms with Gasteiger partial charge in [0.1, 0.15) is 23.0 Å². The van der Waals surface area contributed by atoms with E-state index < -0.39 is 0 Å². The predicted octanol–water partition coefficient (Wildman–Crippen LogP) is 3.61. The van der Waals surface area contributed by atoms with E-state index in [0.29, 0.717) is 22.9 Å². The zero-order valence-electron chi connectivity index (χ0n) is 12.4. The van der Waals surface area contributed by atoms with E-state index >= 15 is 0 Å². The van der Waals surface area contributed by atoms with Crippen LogP contribution >= 0.6 is 0 Å². The van der Waals surface area contributed by atoms with Crippen molar-refractivity contribution in [2.45, 2.75) is 0 Å². The molecular weight excluding hydrogens is 292 g/mol. The molecule has 6 N–H and O–H groups in total. The number of anilines is 2. The lowest BCUT2D eigenvalue weighted by atomic mass is 10.3. The third-order valence-corrected chi connectivity index (χ3v) is 3.04. The van der Waals surface area contributed by atoms with Gasteiger partial charge in [0.25, 0.3) is 0 Å². The Kier molecular flexibility index (Phi) is 5.07. The molecule has 0 amide bonds. The minimum atomic E-state index is 0. The second kappa shape index (κ2) is 7.20. The zero-order valence-corrected chi connectivity index (χ0v) is 12.4. The number of benzene rings is 3. The molecule has 5 nitrogen and oxygen atoms in total. The summed E-state index contributed by atoms with van der Waals surface area (Å²) in [6, 6.07) is 21.9. The van der Waals surface area contributed by atoms with Crippen molar-refractivity contribution < 1.29 is 14.9 Å². The first-order valence-electron chi connectivity index (χ1n) is 6.86. The van der Waals surface area contributed by atoms with E-state index in [1.54, 1.807) is 24.3 Å². The van der Waals surface area contributed by atoms with Crippen LogP contribution in [-0.4, -0.2) is 5.48 Å². The van der Waals surface area contributed by atoms with Gasteiger partial charge in [0.2, 0.25) is 0 Å². The Labute approximate surface area is 134 Å². The summed E-state index contributed by atoms with van der Waals surface area (Å²) < 4.78 is 11.6. The predicted molar refractivity (Wildman–Crippen MR) is 91.9 cm³/mol. The first-order valence-corrected chi connectivity index (χ1v) is 6.86. The maximum Gasteiger partial charge on any atom is 0.131 e. The van der Waals surface area contributed by atoms with E-state index in [1.807, 2.05) is 48.5 Å². The number of hydrogen-bond acceptors (Lipinski definition) is 4. The summed E-state index contributed by atoms with van der Waals surface area (Å²) in [7, 11) is 0. The van der Waals surface area contributed by atoms with Crippen molar-refractivity contribution in [3.8, 4) is 23.0 Å². The maximum absolute atomic E-state index is 5.78. The third-order valence-electron chi connectivity index (χ3n) is 3.04. The van der Waals surface area contributed by atoms with Crippen LogP contribution in [0, 0.1) is 0 Å². The molecule has 0 aromatic heterocycles. The van der Waals surface area contributed by atoms with Gasteiger partial charge in [-0.15, -0.1) is 0 Å². The molecule has 0 bridgehead atoms. The summed E-state index contributed by atoms with van der Waals surface area (Å²) in [6.07, 6.45) is 0. The number of rotatable bonds is 4. The number of ether oxygens (including phenoxy) is 2. The molecule has 5 heteroatoms. The monoisotopic (exact) mass is 310 g/mol. The normalized spacial score (nSPS) is 9.74. The fourth-order valence-corrected chi connectivity index (χ4v) is 1.95. The summed E-state index contributed by atoms with van der Waals surface area (Å²) in [5.41, 5.74) is 12.7. The van der Waals surface area contributed by atoms with Crippen LogP contribution in [0.5, 0.6) is 23.0 Å². The molecule has 0 fully saturated rings. The molecule has 0 aliphatic carbocycles. The molecule has 0 radical (unpaired) electrons. The molecule has 3 aromatic rings. The number of nitrogen functional groups attached to an aromatic ring is 2. The largest absolute Gasteiger partial charge is 0.457 e. The fourth-order valence-electron chi connectivity index (χ4n) is 1.95. The van der Waals surface area contributed by atoms with Crippen molar-refractivity contribution >= 4 is 11.4 Å². The summed E-state index contributed by atoms with van der Waals surface area (Å²) in [5.74, 6) is 2.83. The van der Waals surface area contributed by atoms with Gasteiger partial charge in [0.05, 0.1) is 0 Å². The van der Waals surface area contributed by atoms with Gasteiger partial charge in [-0.05, 0) is 60.7 Å². The highest BCUT2D eigenvalue weighted by molar-refractivity contribution is 5.45. The Balaban J connectivity index is 0.00000192. The average Bonchev–Trinajstić information content (AvgIpc) is 2.52. The summed E-state index contributed by atoms with van der Waals surface area (Å²) in [5, 5.41) is 0. The molecule has 0 saturated carbocycles. The van der Waals surface area contributed by atoms with Crippen LogP contribution in [0.2, 0.25) is 0 Å². The van der Waals surface area contributed by atoms with Crippen molar-refractivity contribution in [2.75, 3.05) is 11.5 Å². The second-order valence-electron chi connectivity index (χ2n) is 4.82. The standard InChI is InChI=1S/C18H16N2O2.H2O/c19-13-4-8-15(9-5-13)21-17-2-1-3-18(12-17)22-16-10-6-14(20)7-11-16;/h1-12H,19-20H2;1H2. The van der Waals surface area contributed by atoms with Crippen LogP contribution < -0.4 is 20.9 Å². The van der Waals surface area contributed by atoms with Gasteiger partial charge >= 0.3 is 0 Å². The van der Waals surface area contributed by atoms with Crippen LogP contribution in [0.3, 0.4) is 0 Å². The van der Waals surface area contributed by atoms with Gasteiger partial charge in [-0.3, -0.25) is 0 Å². The molecule has 0 atom stereocenters. The Morgan fingerprint density at radius 2 is 0.913 bits per heavy atom. The minimum Gasteiger partial charge on any atom is -0.457 e. The molecule has 0 aliphatic heterocycles. The van der Waals surface area contributed by atoms with Crippen LogP contribution in [-0.2, 0) is 0 Å². The van der Waals surface area contributed by atoms with Crippen LogP contribution in [0.4, 0.5) is 11.4 Å². The summed E-state index contributed by atoms with van der Waals surface area (Å²) in [6.45, 7) is 0. The summed E-state index contributed by atoms with van der Waals surface area (Å²) in [4.78, 5) is 0. The van der Waals surface area contributed by atoms with Crippen LogP contribution in [0.15, 0.2) is 72.8 Å². The zero-order chi connectivity index (χ0) is 15.4. The average molecular weight is 310 g/mol. The Morgan fingerprint density at radius 1 is 0.522 bits per heavy atom. The molecule has 3 aromatic carbocycles. The van der Waals surface area contributed by atoms with Crippen LogP contribution in [0.25, 0.3) is 0 Å². The van der Waals surface area contributed by atoms with Gasteiger partial charge in [-0.2, -0.15) is 0 Å². The Bertz CT molecular complexity index is 693. The van der Waals surface area contributed by atoms with Gasteiger partial charge in [-0.1, -0.05) is 6.07 Å². The van der Waals surface area contributed by atoms with Crippen molar-refractivity contribution in [2.24, 2.45) is 0 Å². The Morgan fingerprint density at radius 3 is 1.30 bits per heavy atom. The van der Waals surface area contributed by atoms with Crippen LogP contribution in [0.1, 0.15) is 0 Å². The van der Waals surface area contributed by atoms with E-state index in [2.05, 4.69) is 0 Å². The molecule has 23 heavy (non-hydrogen) atoms. The third kappa shape index (κ3) is 4.39. The van der Waals surface area contributed by atoms with E-state index in [4.69, 9.17) is 20.9 Å². The van der Waals surface area contributed by atoms with Gasteiger partial charge in [0, 0.05) is 17.4 Å². The van der Waals surface area contributed by atoms with E-state index in [0.717, 1.165) is 11.5 Å². The quantitative estimate of drug-likeness (QED) is 0.718. The van der Waals surface area contributed by atoms with Crippen molar-refractivity contribution in [1.82, 2.24) is 0 Å². The molecule has 0 aliphatic rings. The lowest BCUT2D eigenvalue weighted by molar-refractivity contribution is 0.460. The highest BCUT2D eigenvalue weighted by Gasteiger charge is 2.02. The molecule has 3 rings (SSSR count). The highest BCUT2D eigenvalue weighted by Crippen LogP contribution is 2.28. The van der Waals surface area contributed by atoms with Crippen molar-refractivity contribution in [1.29, 1.82) is 0 Å². The van der Waals surface area contributed by atoms with E-state index in [1.165, 1.54) is 0 Å². The maximum atomic E-state index is 5.78. The topological polar surface area (TPSA) is 102 Å². The number of hydrogen-bond donors (Lipinski definition) is 2. The lowest BCUT2D eigenvalue weighted by Crippen LogP contribution is -1.89. The Hall–Kier alpha value is -3.18. The van der Waals surface area contributed by atoms with Gasteiger partial charge < -0.3 is 26.4 Å². The number of nitrogens with two attached hydrogens (primary N) is 2. The van der Waals surface area contributed by atoms with Gasteiger partial charge in [0.15, 0.2) is 0 Å². The lowest BCUT2D eigenvalue weighted by Gasteiger charge is -2.09.